The summed E-state index contributed by atoms with van der Waals surface area (Å²) in [4.78, 5) is 20.3. The summed E-state index contributed by atoms with van der Waals surface area (Å²) in [5, 5.41) is 7.52. The maximum absolute atomic E-state index is 13.6. The molecule has 3 heterocycles. The molecule has 0 bridgehead atoms. The normalized spacial score (nSPS) is 18.6. The van der Waals surface area contributed by atoms with Gasteiger partial charge >= 0.3 is 0 Å². The lowest BCUT2D eigenvalue weighted by Gasteiger charge is -2.35. The number of carbonyl (C=O) groups is 1. The van der Waals surface area contributed by atoms with Gasteiger partial charge in [0.15, 0.2) is 5.69 Å². The van der Waals surface area contributed by atoms with Gasteiger partial charge in [0, 0.05) is 23.5 Å². The molecule has 1 fully saturated rings. The minimum atomic E-state index is -0.249. The number of fused-ring (bicyclic) bond motifs is 1. The van der Waals surface area contributed by atoms with Gasteiger partial charge in [-0.15, -0.1) is 0 Å². The van der Waals surface area contributed by atoms with E-state index < -0.39 is 0 Å². The van der Waals surface area contributed by atoms with Crippen molar-refractivity contribution in [1.82, 2.24) is 20.1 Å². The van der Waals surface area contributed by atoms with Crippen LogP contribution in [0.4, 0.5) is 4.39 Å². The number of halogens is 1. The van der Waals surface area contributed by atoms with Crippen molar-refractivity contribution in [2.45, 2.75) is 57.9 Å². The van der Waals surface area contributed by atoms with E-state index in [4.69, 9.17) is 4.98 Å². The Hall–Kier alpha value is -3.02. The molecule has 31 heavy (non-hydrogen) atoms. The van der Waals surface area contributed by atoms with Crippen LogP contribution in [0.25, 0.3) is 11.1 Å². The van der Waals surface area contributed by atoms with Crippen LogP contribution in [-0.4, -0.2) is 32.5 Å². The maximum Gasteiger partial charge on any atom is 0.275 e. The van der Waals surface area contributed by atoms with Crippen molar-refractivity contribution < 1.29 is 9.18 Å². The second-order valence-electron chi connectivity index (χ2n) is 8.68. The highest BCUT2D eigenvalue weighted by molar-refractivity contribution is 5.94. The van der Waals surface area contributed by atoms with E-state index in [9.17, 15) is 9.18 Å². The number of aryl methyl sites for hydroxylation is 2. The van der Waals surface area contributed by atoms with Gasteiger partial charge in [0.05, 0.1) is 11.7 Å². The van der Waals surface area contributed by atoms with E-state index in [0.29, 0.717) is 12.2 Å². The van der Waals surface area contributed by atoms with E-state index in [1.807, 2.05) is 17.9 Å². The molecule has 1 unspecified atom stereocenters. The maximum atomic E-state index is 13.6. The van der Waals surface area contributed by atoms with E-state index in [2.05, 4.69) is 16.3 Å². The third-order valence-corrected chi connectivity index (χ3v) is 6.51. The molecule has 1 aliphatic carbocycles. The smallest absolute Gasteiger partial charge is 0.275 e. The van der Waals surface area contributed by atoms with Gasteiger partial charge in [-0.25, -0.2) is 4.39 Å². The number of hydrogen-bond donors (Lipinski definition) is 1. The van der Waals surface area contributed by atoms with Gasteiger partial charge < -0.3 is 4.90 Å². The number of hydrogen-bond acceptors (Lipinski definition) is 3. The molecule has 6 heteroatoms. The lowest BCUT2D eigenvalue weighted by molar-refractivity contribution is 0.0598. The molecule has 0 radical (unpaired) electrons. The fourth-order valence-electron chi connectivity index (χ4n) is 4.95. The minimum Gasteiger partial charge on any atom is -0.329 e. The summed E-state index contributed by atoms with van der Waals surface area (Å²) in [6.07, 6.45) is 7.09. The highest BCUT2D eigenvalue weighted by Gasteiger charge is 2.33. The number of H-pyrrole nitrogens is 1. The third-order valence-electron chi connectivity index (χ3n) is 6.51. The third kappa shape index (κ3) is 3.87. The van der Waals surface area contributed by atoms with Gasteiger partial charge in [0.25, 0.3) is 5.91 Å². The van der Waals surface area contributed by atoms with E-state index in [1.54, 1.807) is 12.1 Å². The topological polar surface area (TPSA) is 61.9 Å². The summed E-state index contributed by atoms with van der Waals surface area (Å²) in [5.41, 5.74) is 6.55. The molecule has 0 saturated carbocycles. The van der Waals surface area contributed by atoms with Crippen LogP contribution in [0, 0.1) is 12.7 Å². The molecule has 5 rings (SSSR count). The molecular formula is C25H27FN4O. The van der Waals surface area contributed by atoms with E-state index >= 15 is 0 Å². The second-order valence-corrected chi connectivity index (χ2v) is 8.68. The number of aromatic amines is 1. The molecule has 2 aromatic heterocycles. The van der Waals surface area contributed by atoms with Gasteiger partial charge in [0.1, 0.15) is 5.82 Å². The molecule has 160 valence electrons. The predicted octanol–water partition coefficient (Wildman–Crippen LogP) is 5.17. The number of amides is 1. The number of likely N-dealkylation sites (tertiary alicyclic amines) is 1. The highest BCUT2D eigenvalue weighted by Crippen LogP contribution is 2.34. The molecule has 2 aliphatic rings. The Kier molecular flexibility index (Phi) is 5.30. The average Bonchev–Trinajstić information content (AvgIpc) is 3.23. The Morgan fingerprint density at radius 1 is 1.06 bits per heavy atom. The first-order chi connectivity index (χ1) is 15.1. The number of rotatable bonds is 3. The fraction of sp³-hybridized carbons (Fsp3) is 0.400. The molecule has 1 aliphatic heterocycles. The van der Waals surface area contributed by atoms with Crippen molar-refractivity contribution in [2.24, 2.45) is 0 Å². The van der Waals surface area contributed by atoms with Crippen molar-refractivity contribution >= 4 is 5.91 Å². The van der Waals surface area contributed by atoms with Crippen LogP contribution in [0.2, 0.25) is 0 Å². The fourth-order valence-corrected chi connectivity index (χ4v) is 4.95. The van der Waals surface area contributed by atoms with Crippen LogP contribution in [-0.2, 0) is 12.8 Å². The van der Waals surface area contributed by atoms with Crippen molar-refractivity contribution in [3.8, 4) is 11.1 Å². The predicted molar refractivity (Wildman–Crippen MR) is 117 cm³/mol. The number of benzene rings is 1. The monoisotopic (exact) mass is 418 g/mol. The summed E-state index contributed by atoms with van der Waals surface area (Å²) in [6, 6.07) is 10.5. The van der Waals surface area contributed by atoms with Crippen molar-refractivity contribution in [1.29, 1.82) is 0 Å². The van der Waals surface area contributed by atoms with Gasteiger partial charge in [-0.2, -0.15) is 5.10 Å². The summed E-state index contributed by atoms with van der Waals surface area (Å²) in [5.74, 6) is -0.239. The molecule has 0 spiro atoms. The molecule has 5 nitrogen and oxygen atoms in total. The second kappa shape index (κ2) is 8.25. The number of piperidine rings is 1. The van der Waals surface area contributed by atoms with Crippen LogP contribution in [0.15, 0.2) is 36.4 Å². The van der Waals surface area contributed by atoms with E-state index in [1.165, 1.54) is 12.1 Å². The average molecular weight is 419 g/mol. The number of pyridine rings is 1. The molecular weight excluding hydrogens is 391 g/mol. The largest absolute Gasteiger partial charge is 0.329 e. The number of nitrogens with one attached hydrogen (secondary N) is 1. The molecule has 1 aromatic carbocycles. The van der Waals surface area contributed by atoms with Gasteiger partial charge in [-0.3, -0.25) is 14.9 Å². The van der Waals surface area contributed by atoms with Crippen molar-refractivity contribution in [2.75, 3.05) is 6.54 Å². The Morgan fingerprint density at radius 3 is 2.71 bits per heavy atom. The first-order valence-electron chi connectivity index (χ1n) is 11.2. The summed E-state index contributed by atoms with van der Waals surface area (Å²) < 4.78 is 13.4. The Labute approximate surface area is 181 Å². The summed E-state index contributed by atoms with van der Waals surface area (Å²) in [6.45, 7) is 2.68. The Bertz CT molecular complexity index is 1110. The first-order valence-corrected chi connectivity index (χ1v) is 11.2. The molecule has 1 N–H and O–H groups in total. The van der Waals surface area contributed by atoms with E-state index in [-0.39, 0.29) is 17.8 Å². The molecule has 1 saturated heterocycles. The zero-order valence-corrected chi connectivity index (χ0v) is 17.8. The van der Waals surface area contributed by atoms with Gasteiger partial charge in [0.2, 0.25) is 0 Å². The van der Waals surface area contributed by atoms with Crippen LogP contribution in [0.5, 0.6) is 0 Å². The molecule has 3 aromatic rings. The van der Waals surface area contributed by atoms with Crippen molar-refractivity contribution in [3.63, 3.8) is 0 Å². The zero-order chi connectivity index (χ0) is 21.4. The lowest BCUT2D eigenvalue weighted by atomic mass is 9.93. The van der Waals surface area contributed by atoms with Crippen LogP contribution in [0.1, 0.15) is 71.3 Å². The quantitative estimate of drug-likeness (QED) is 0.639. The van der Waals surface area contributed by atoms with Gasteiger partial charge in [-0.1, -0.05) is 12.1 Å². The summed E-state index contributed by atoms with van der Waals surface area (Å²) in [7, 11) is 0. The zero-order valence-electron chi connectivity index (χ0n) is 17.8. The van der Waals surface area contributed by atoms with Crippen LogP contribution in [0.3, 0.4) is 0 Å². The van der Waals surface area contributed by atoms with E-state index in [0.717, 1.165) is 78.7 Å². The van der Waals surface area contributed by atoms with Gasteiger partial charge in [-0.05, 0) is 87.3 Å². The van der Waals surface area contributed by atoms with Crippen molar-refractivity contribution in [3.05, 3.63) is 70.6 Å². The Morgan fingerprint density at radius 2 is 1.87 bits per heavy atom. The molecule has 1 atom stereocenters. The number of aromatic nitrogens is 3. The number of nitrogens with zero attached hydrogens (tertiary/aromatic N) is 3. The number of carbonyl (C=O) groups excluding carboxylic acids is 1. The summed E-state index contributed by atoms with van der Waals surface area (Å²) >= 11 is 0. The lowest BCUT2D eigenvalue weighted by Crippen LogP contribution is -2.39. The first kappa shape index (κ1) is 19.9. The van der Waals surface area contributed by atoms with Crippen LogP contribution < -0.4 is 0 Å². The molecule has 1 amide bonds. The SMILES string of the molecule is Cc1cc(-c2ccc(F)cc2)cc(C2CCCCN2C(=O)c2n[nH]c3c2CCCC3)n1. The van der Waals surface area contributed by atoms with Crippen LogP contribution >= 0.6 is 0 Å². The Balaban J connectivity index is 1.49. The minimum absolute atomic E-state index is 0.00994. The highest BCUT2D eigenvalue weighted by atomic mass is 19.1. The standard InChI is InChI=1S/C25H27FN4O/c1-16-14-18(17-9-11-19(26)12-10-17)15-22(27-16)23-8-4-5-13-30(23)25(31)24-20-6-2-3-7-21(20)28-29-24/h9-12,14-15,23H,2-8,13H2,1H3,(H,28,29).